The lowest BCUT2D eigenvalue weighted by atomic mass is 10.3. The number of hydrogen-bond acceptors (Lipinski definition) is 7. The Balaban J connectivity index is 1.55. The fourth-order valence-corrected chi connectivity index (χ4v) is 2.99. The lowest BCUT2D eigenvalue weighted by Crippen LogP contribution is -2.35. The molecule has 2 amide bonds. The first-order chi connectivity index (χ1) is 14.0. The van der Waals surface area contributed by atoms with Crippen LogP contribution in [0.1, 0.15) is 21.5 Å². The highest BCUT2D eigenvalue weighted by atomic mass is 32.1. The highest BCUT2D eigenvalue weighted by Gasteiger charge is 2.12. The molecule has 0 unspecified atom stereocenters. The fraction of sp³-hybridized carbons (Fsp3) is 0.350. The summed E-state index contributed by atoms with van der Waals surface area (Å²) in [4.78, 5) is 36.7. The van der Waals surface area contributed by atoms with Crippen molar-refractivity contribution in [1.29, 1.82) is 0 Å². The summed E-state index contributed by atoms with van der Waals surface area (Å²) in [6, 6.07) is 10.7. The second kappa shape index (κ2) is 11.7. The third-order valence-corrected chi connectivity index (χ3v) is 4.55. The summed E-state index contributed by atoms with van der Waals surface area (Å²) in [5.74, 6) is -0.0697. The van der Waals surface area contributed by atoms with Crippen LogP contribution in [0.15, 0.2) is 36.4 Å². The first-order valence-electron chi connectivity index (χ1n) is 9.10. The van der Waals surface area contributed by atoms with E-state index in [0.717, 1.165) is 10.6 Å². The number of rotatable bonds is 11. The number of benzene rings is 1. The molecule has 1 heterocycles. The van der Waals surface area contributed by atoms with Gasteiger partial charge in [0.2, 0.25) is 0 Å². The molecule has 156 valence electrons. The minimum atomic E-state index is -0.688. The molecule has 0 aliphatic carbocycles. The summed E-state index contributed by atoms with van der Waals surface area (Å²) in [5.41, 5.74) is 0. The summed E-state index contributed by atoms with van der Waals surface area (Å²) in [6.07, 6.45) is 0. The number of aryl methyl sites for hydroxylation is 1. The molecule has 2 aromatic rings. The van der Waals surface area contributed by atoms with Crippen molar-refractivity contribution in [3.63, 3.8) is 0 Å². The van der Waals surface area contributed by atoms with Gasteiger partial charge in [0.05, 0.1) is 18.0 Å². The van der Waals surface area contributed by atoms with Crippen LogP contribution in [0.4, 0.5) is 0 Å². The normalized spacial score (nSPS) is 10.1. The Morgan fingerprint density at radius 2 is 1.66 bits per heavy atom. The van der Waals surface area contributed by atoms with Crippen molar-refractivity contribution >= 4 is 29.1 Å². The lowest BCUT2D eigenvalue weighted by molar-refractivity contribution is -0.147. The molecular formula is C20H24N2O6S. The predicted octanol–water partition coefficient (Wildman–Crippen LogP) is 1.92. The minimum Gasteiger partial charge on any atom is -0.494 e. The largest absolute Gasteiger partial charge is 0.494 e. The Kier molecular flexibility index (Phi) is 8.97. The van der Waals surface area contributed by atoms with Crippen LogP contribution in [-0.4, -0.2) is 50.7 Å². The van der Waals surface area contributed by atoms with Crippen LogP contribution in [-0.2, 0) is 14.3 Å². The van der Waals surface area contributed by atoms with E-state index in [9.17, 15) is 14.4 Å². The van der Waals surface area contributed by atoms with Crippen molar-refractivity contribution in [1.82, 2.24) is 10.6 Å². The summed E-state index contributed by atoms with van der Waals surface area (Å²) in [7, 11) is 0. The standard InChI is InChI=1S/C20H24N2O6S/c1-3-26-15-5-7-16(8-6-15)27-11-10-21-18(23)13-28-19(24)12-22-20(25)17-9-4-14(2)29-17/h4-9H,3,10-13H2,1-2H3,(H,21,23)(H,22,25). The van der Waals surface area contributed by atoms with Crippen molar-refractivity contribution in [2.24, 2.45) is 0 Å². The smallest absolute Gasteiger partial charge is 0.325 e. The highest BCUT2D eigenvalue weighted by Crippen LogP contribution is 2.17. The van der Waals surface area contributed by atoms with Crippen molar-refractivity contribution in [2.75, 3.05) is 32.9 Å². The Bertz CT molecular complexity index is 819. The van der Waals surface area contributed by atoms with E-state index in [1.165, 1.54) is 11.3 Å². The third kappa shape index (κ3) is 8.22. The van der Waals surface area contributed by atoms with E-state index in [-0.39, 0.29) is 25.6 Å². The Morgan fingerprint density at radius 3 is 2.28 bits per heavy atom. The van der Waals surface area contributed by atoms with Gasteiger partial charge in [-0.1, -0.05) is 0 Å². The van der Waals surface area contributed by atoms with Gasteiger partial charge in [-0.05, 0) is 50.2 Å². The number of carbonyl (C=O) groups excluding carboxylic acids is 3. The maximum Gasteiger partial charge on any atom is 0.325 e. The number of ether oxygens (including phenoxy) is 3. The number of nitrogens with one attached hydrogen (secondary N) is 2. The van der Waals surface area contributed by atoms with E-state index in [4.69, 9.17) is 14.2 Å². The lowest BCUT2D eigenvalue weighted by Gasteiger charge is -2.09. The maximum absolute atomic E-state index is 11.8. The quantitative estimate of drug-likeness (QED) is 0.425. The van der Waals surface area contributed by atoms with Gasteiger partial charge in [-0.3, -0.25) is 14.4 Å². The maximum atomic E-state index is 11.8. The summed E-state index contributed by atoms with van der Waals surface area (Å²) in [5, 5.41) is 5.04. The van der Waals surface area contributed by atoms with E-state index in [2.05, 4.69) is 10.6 Å². The van der Waals surface area contributed by atoms with Gasteiger partial charge in [-0.25, -0.2) is 0 Å². The molecule has 0 aliphatic heterocycles. The van der Waals surface area contributed by atoms with Crippen LogP contribution in [0.5, 0.6) is 11.5 Å². The predicted molar refractivity (Wildman–Crippen MR) is 108 cm³/mol. The Morgan fingerprint density at radius 1 is 0.966 bits per heavy atom. The molecule has 0 spiro atoms. The van der Waals surface area contributed by atoms with Crippen molar-refractivity contribution in [2.45, 2.75) is 13.8 Å². The molecule has 0 bridgehead atoms. The van der Waals surface area contributed by atoms with Crippen LogP contribution < -0.4 is 20.1 Å². The Labute approximate surface area is 173 Å². The van der Waals surface area contributed by atoms with Gasteiger partial charge in [0.25, 0.3) is 11.8 Å². The van der Waals surface area contributed by atoms with Gasteiger partial charge in [0.15, 0.2) is 6.61 Å². The van der Waals surface area contributed by atoms with Crippen molar-refractivity contribution < 1.29 is 28.6 Å². The molecular weight excluding hydrogens is 396 g/mol. The van der Waals surface area contributed by atoms with Crippen LogP contribution in [0.25, 0.3) is 0 Å². The molecule has 2 rings (SSSR count). The molecule has 1 aromatic heterocycles. The monoisotopic (exact) mass is 420 g/mol. The third-order valence-electron chi connectivity index (χ3n) is 3.55. The highest BCUT2D eigenvalue weighted by molar-refractivity contribution is 7.13. The summed E-state index contributed by atoms with van der Waals surface area (Å²) in [6.45, 7) is 4.20. The van der Waals surface area contributed by atoms with Crippen LogP contribution in [0, 0.1) is 6.92 Å². The molecule has 0 aliphatic rings. The zero-order valence-electron chi connectivity index (χ0n) is 16.4. The first-order valence-corrected chi connectivity index (χ1v) is 9.92. The van der Waals surface area contributed by atoms with E-state index in [1.54, 1.807) is 30.3 Å². The molecule has 0 radical (unpaired) electrons. The van der Waals surface area contributed by atoms with Gasteiger partial charge in [0, 0.05) is 4.88 Å². The summed E-state index contributed by atoms with van der Waals surface area (Å²) < 4.78 is 15.7. The van der Waals surface area contributed by atoms with E-state index >= 15 is 0 Å². The number of thiophene rings is 1. The van der Waals surface area contributed by atoms with Crippen molar-refractivity contribution in [3.8, 4) is 11.5 Å². The zero-order chi connectivity index (χ0) is 21.1. The van der Waals surface area contributed by atoms with Crippen LogP contribution in [0.3, 0.4) is 0 Å². The zero-order valence-corrected chi connectivity index (χ0v) is 17.2. The second-order valence-electron chi connectivity index (χ2n) is 5.86. The second-order valence-corrected chi connectivity index (χ2v) is 7.14. The van der Waals surface area contributed by atoms with Gasteiger partial charge in [-0.2, -0.15) is 0 Å². The average Bonchev–Trinajstić information content (AvgIpc) is 3.15. The van der Waals surface area contributed by atoms with Crippen LogP contribution in [0.2, 0.25) is 0 Å². The molecule has 0 fully saturated rings. The first kappa shape index (κ1) is 22.2. The van der Waals surface area contributed by atoms with Gasteiger partial charge in [-0.15, -0.1) is 11.3 Å². The van der Waals surface area contributed by atoms with E-state index < -0.39 is 18.5 Å². The molecule has 0 atom stereocenters. The molecule has 9 heteroatoms. The topological polar surface area (TPSA) is 103 Å². The molecule has 1 aromatic carbocycles. The SMILES string of the molecule is CCOc1ccc(OCCNC(=O)COC(=O)CNC(=O)c2ccc(C)s2)cc1. The van der Waals surface area contributed by atoms with E-state index in [1.807, 2.05) is 19.9 Å². The number of carbonyl (C=O) groups is 3. The molecule has 0 saturated carbocycles. The van der Waals surface area contributed by atoms with Gasteiger partial charge >= 0.3 is 5.97 Å². The molecule has 29 heavy (non-hydrogen) atoms. The molecule has 8 nitrogen and oxygen atoms in total. The number of hydrogen-bond donors (Lipinski definition) is 2. The Hall–Kier alpha value is -3.07. The van der Waals surface area contributed by atoms with E-state index in [0.29, 0.717) is 17.2 Å². The van der Waals surface area contributed by atoms with Crippen molar-refractivity contribution in [3.05, 3.63) is 46.2 Å². The number of esters is 1. The number of amides is 2. The average molecular weight is 420 g/mol. The van der Waals surface area contributed by atoms with Gasteiger partial charge in [0.1, 0.15) is 24.7 Å². The minimum absolute atomic E-state index is 0.262. The van der Waals surface area contributed by atoms with Crippen LogP contribution >= 0.6 is 11.3 Å². The summed E-state index contributed by atoms with van der Waals surface area (Å²) >= 11 is 1.33. The van der Waals surface area contributed by atoms with Gasteiger partial charge < -0.3 is 24.8 Å². The fourth-order valence-electron chi connectivity index (χ4n) is 2.20. The molecule has 2 N–H and O–H groups in total. The molecule has 0 saturated heterocycles.